The highest BCUT2D eigenvalue weighted by Crippen LogP contribution is 2.24. The zero-order valence-corrected chi connectivity index (χ0v) is 11.9. The second-order valence-corrected chi connectivity index (χ2v) is 4.61. The van der Waals surface area contributed by atoms with E-state index in [1.807, 2.05) is 19.1 Å². The van der Waals surface area contributed by atoms with Crippen LogP contribution in [0.4, 0.5) is 0 Å². The maximum absolute atomic E-state index is 11.4. The van der Waals surface area contributed by atoms with Gasteiger partial charge in [-0.05, 0) is 42.3 Å². The molecule has 5 heteroatoms. The Morgan fingerprint density at radius 2 is 1.86 bits per heavy atom. The van der Waals surface area contributed by atoms with Gasteiger partial charge in [0.25, 0.3) is 0 Å². The number of nitrogens with zero attached hydrogens (tertiary/aromatic N) is 2. The molecule has 2 rings (SSSR count). The molecule has 0 aliphatic heterocycles. The van der Waals surface area contributed by atoms with Crippen LogP contribution >= 0.6 is 0 Å². The third kappa shape index (κ3) is 3.32. The smallest absolute Gasteiger partial charge is 0.336 e. The summed E-state index contributed by atoms with van der Waals surface area (Å²) >= 11 is 0. The Morgan fingerprint density at radius 1 is 1.24 bits per heavy atom. The average molecular weight is 284 g/mol. The van der Waals surface area contributed by atoms with Crippen LogP contribution in [0.2, 0.25) is 0 Å². The molecule has 0 aromatic carbocycles. The van der Waals surface area contributed by atoms with E-state index in [2.05, 4.69) is 21.3 Å². The van der Waals surface area contributed by atoms with Gasteiger partial charge >= 0.3 is 5.97 Å². The molecule has 5 nitrogen and oxygen atoms in total. The fourth-order valence-electron chi connectivity index (χ4n) is 1.88. The Kier molecular flexibility index (Phi) is 4.45. The molecule has 2 heterocycles. The molecule has 0 fully saturated rings. The Morgan fingerprint density at radius 3 is 2.48 bits per heavy atom. The lowest BCUT2D eigenvalue weighted by molar-refractivity contribution is -0.137. The van der Waals surface area contributed by atoms with Gasteiger partial charge in [-0.15, -0.1) is 0 Å². The van der Waals surface area contributed by atoms with Crippen LogP contribution in [0.25, 0.3) is 11.4 Å². The predicted molar refractivity (Wildman–Crippen MR) is 78.3 cm³/mol. The highest BCUT2D eigenvalue weighted by Gasteiger charge is 2.19. The largest absolute Gasteiger partial charge is 0.466 e. The van der Waals surface area contributed by atoms with Crippen molar-refractivity contribution in [1.29, 1.82) is 0 Å². The molecule has 2 aromatic rings. The van der Waals surface area contributed by atoms with Gasteiger partial charge in [-0.25, -0.2) is 4.79 Å². The molecular formula is C16H16N2O3. The van der Waals surface area contributed by atoms with Crippen molar-refractivity contribution in [3.63, 3.8) is 0 Å². The van der Waals surface area contributed by atoms with Crippen LogP contribution in [0.15, 0.2) is 48.8 Å². The maximum Gasteiger partial charge on any atom is 0.336 e. The van der Waals surface area contributed by atoms with Gasteiger partial charge in [0, 0.05) is 12.4 Å². The number of carbonyl (C=O) groups is 1. The molecule has 0 amide bonds. The number of ether oxygens (including phenoxy) is 1. The van der Waals surface area contributed by atoms with E-state index in [-0.39, 0.29) is 5.57 Å². The number of hydrogen-bond donors (Lipinski definition) is 1. The Balaban J connectivity index is 2.34. The van der Waals surface area contributed by atoms with Crippen molar-refractivity contribution < 1.29 is 14.6 Å². The number of rotatable bonds is 4. The van der Waals surface area contributed by atoms with Crippen LogP contribution in [-0.4, -0.2) is 28.2 Å². The minimum Gasteiger partial charge on any atom is -0.466 e. The summed E-state index contributed by atoms with van der Waals surface area (Å²) < 4.78 is 4.56. The van der Waals surface area contributed by atoms with Crippen molar-refractivity contribution in [2.75, 3.05) is 7.11 Å². The zero-order chi connectivity index (χ0) is 15.4. The third-order valence-corrected chi connectivity index (χ3v) is 3.06. The number of esters is 1. The second-order valence-electron chi connectivity index (χ2n) is 4.61. The first-order valence-electron chi connectivity index (χ1n) is 6.37. The molecule has 0 aliphatic carbocycles. The molecule has 2 aromatic heterocycles. The topological polar surface area (TPSA) is 72.3 Å². The zero-order valence-electron chi connectivity index (χ0n) is 11.9. The second kappa shape index (κ2) is 6.28. The van der Waals surface area contributed by atoms with Crippen molar-refractivity contribution in [3.05, 3.63) is 59.9 Å². The van der Waals surface area contributed by atoms with Crippen molar-refractivity contribution in [2.24, 2.45) is 0 Å². The van der Waals surface area contributed by atoms with Crippen molar-refractivity contribution in [2.45, 2.75) is 13.0 Å². The SMILES string of the molecule is C=C(C(=O)OC)C(O)c1ccnc(-c2cc(C)ccn2)c1. The van der Waals surface area contributed by atoms with E-state index >= 15 is 0 Å². The molecule has 108 valence electrons. The normalized spacial score (nSPS) is 11.8. The minimum atomic E-state index is -1.14. The van der Waals surface area contributed by atoms with Gasteiger partial charge in [-0.1, -0.05) is 6.58 Å². The highest BCUT2D eigenvalue weighted by atomic mass is 16.5. The van der Waals surface area contributed by atoms with Crippen molar-refractivity contribution >= 4 is 5.97 Å². The summed E-state index contributed by atoms with van der Waals surface area (Å²) in [5, 5.41) is 10.2. The summed E-state index contributed by atoms with van der Waals surface area (Å²) in [7, 11) is 1.24. The summed E-state index contributed by atoms with van der Waals surface area (Å²) in [5.74, 6) is -0.644. The van der Waals surface area contributed by atoms with Gasteiger partial charge in [0.2, 0.25) is 0 Å². The quantitative estimate of drug-likeness (QED) is 0.688. The molecule has 0 saturated carbocycles. The molecule has 0 saturated heterocycles. The first kappa shape index (κ1) is 14.9. The van der Waals surface area contributed by atoms with Gasteiger partial charge in [0.1, 0.15) is 6.10 Å². The van der Waals surface area contributed by atoms with Crippen molar-refractivity contribution in [3.8, 4) is 11.4 Å². The minimum absolute atomic E-state index is 0.0214. The fraction of sp³-hybridized carbons (Fsp3) is 0.188. The van der Waals surface area contributed by atoms with Gasteiger partial charge in [-0.2, -0.15) is 0 Å². The van der Waals surface area contributed by atoms with E-state index in [1.165, 1.54) is 7.11 Å². The van der Waals surface area contributed by atoms with Crippen LogP contribution < -0.4 is 0 Å². The summed E-state index contributed by atoms with van der Waals surface area (Å²) in [6.07, 6.45) is 2.12. The predicted octanol–water partition coefficient (Wildman–Crippen LogP) is 2.21. The molecule has 1 unspecified atom stereocenters. The van der Waals surface area contributed by atoms with E-state index < -0.39 is 12.1 Å². The maximum atomic E-state index is 11.4. The number of methoxy groups -OCH3 is 1. The van der Waals surface area contributed by atoms with Crippen LogP contribution in [0.3, 0.4) is 0 Å². The van der Waals surface area contributed by atoms with E-state index in [0.717, 1.165) is 5.56 Å². The lowest BCUT2D eigenvalue weighted by Gasteiger charge is -2.13. The van der Waals surface area contributed by atoms with Crippen LogP contribution in [0, 0.1) is 6.92 Å². The van der Waals surface area contributed by atoms with Crippen molar-refractivity contribution in [1.82, 2.24) is 9.97 Å². The molecule has 0 spiro atoms. The summed E-state index contributed by atoms with van der Waals surface area (Å²) in [6.45, 7) is 5.52. The number of hydrogen-bond acceptors (Lipinski definition) is 5. The summed E-state index contributed by atoms with van der Waals surface area (Å²) in [5.41, 5.74) is 2.87. The lowest BCUT2D eigenvalue weighted by Crippen LogP contribution is -2.12. The Bertz CT molecular complexity index is 683. The van der Waals surface area contributed by atoms with E-state index in [4.69, 9.17) is 0 Å². The van der Waals surface area contributed by atoms with Gasteiger partial charge in [0.15, 0.2) is 0 Å². The summed E-state index contributed by atoms with van der Waals surface area (Å²) in [4.78, 5) is 19.9. The number of aliphatic hydroxyl groups is 1. The van der Waals surface area contributed by atoms with Crippen LogP contribution in [0.5, 0.6) is 0 Å². The third-order valence-electron chi connectivity index (χ3n) is 3.06. The molecule has 0 bridgehead atoms. The van der Waals surface area contributed by atoms with Gasteiger partial charge in [0.05, 0.1) is 24.1 Å². The molecule has 1 N–H and O–H groups in total. The van der Waals surface area contributed by atoms with E-state index in [1.54, 1.807) is 24.5 Å². The monoisotopic (exact) mass is 284 g/mol. The number of aliphatic hydroxyl groups excluding tert-OH is 1. The molecule has 1 atom stereocenters. The van der Waals surface area contributed by atoms with Crippen LogP contribution in [0.1, 0.15) is 17.2 Å². The molecule has 0 aliphatic rings. The van der Waals surface area contributed by atoms with E-state index in [0.29, 0.717) is 17.0 Å². The number of aromatic nitrogens is 2. The number of pyridine rings is 2. The number of carbonyl (C=O) groups excluding carboxylic acids is 1. The van der Waals surface area contributed by atoms with Crippen LogP contribution in [-0.2, 0) is 9.53 Å². The summed E-state index contributed by atoms with van der Waals surface area (Å²) in [6, 6.07) is 7.09. The highest BCUT2D eigenvalue weighted by molar-refractivity contribution is 5.89. The molecular weight excluding hydrogens is 268 g/mol. The number of aryl methyl sites for hydroxylation is 1. The van der Waals surface area contributed by atoms with Gasteiger partial charge in [-0.3, -0.25) is 9.97 Å². The Labute approximate surface area is 122 Å². The fourth-order valence-corrected chi connectivity index (χ4v) is 1.88. The first-order chi connectivity index (χ1) is 10.0. The van der Waals surface area contributed by atoms with Gasteiger partial charge < -0.3 is 9.84 Å². The Hall–Kier alpha value is -2.53. The molecule has 21 heavy (non-hydrogen) atoms. The first-order valence-corrected chi connectivity index (χ1v) is 6.37. The van der Waals surface area contributed by atoms with E-state index in [9.17, 15) is 9.90 Å². The standard InChI is InChI=1S/C16H16N2O3/c1-10-4-6-17-13(8-10)14-9-12(5-7-18-14)15(19)11(2)16(20)21-3/h4-9,15,19H,2H2,1,3H3. The average Bonchev–Trinajstić information content (AvgIpc) is 2.52. The molecule has 0 radical (unpaired) electrons. The lowest BCUT2D eigenvalue weighted by atomic mass is 10.0.